The van der Waals surface area contributed by atoms with E-state index in [9.17, 15) is 4.79 Å². The van der Waals surface area contributed by atoms with Crippen LogP contribution < -0.4 is 11.1 Å². The van der Waals surface area contributed by atoms with E-state index in [4.69, 9.17) is 21.9 Å². The van der Waals surface area contributed by atoms with Crippen molar-refractivity contribution in [1.82, 2.24) is 15.0 Å². The van der Waals surface area contributed by atoms with Crippen LogP contribution in [0.15, 0.2) is 22.7 Å². The molecule has 132 valence electrons. The zero-order valence-electron chi connectivity index (χ0n) is 13.7. The Kier molecular flexibility index (Phi) is 4.45. The van der Waals surface area contributed by atoms with Crippen molar-refractivity contribution in [2.75, 3.05) is 18.4 Å². The van der Waals surface area contributed by atoms with Crippen molar-refractivity contribution >= 4 is 23.2 Å². The highest BCUT2D eigenvalue weighted by Crippen LogP contribution is 2.42. The predicted molar refractivity (Wildman–Crippen MR) is 93.0 cm³/mol. The number of amides is 1. The van der Waals surface area contributed by atoms with Crippen molar-refractivity contribution in [2.24, 2.45) is 11.7 Å². The lowest BCUT2D eigenvalue weighted by Gasteiger charge is -2.33. The van der Waals surface area contributed by atoms with Gasteiger partial charge in [0.15, 0.2) is 5.82 Å². The molecule has 7 nitrogen and oxygen atoms in total. The number of hydrogen-bond donors (Lipinski definition) is 2. The first-order chi connectivity index (χ1) is 12.1. The number of nitrogens with one attached hydrogen (secondary N) is 1. The highest BCUT2D eigenvalue weighted by Gasteiger charge is 2.38. The third kappa shape index (κ3) is 3.27. The van der Waals surface area contributed by atoms with E-state index in [2.05, 4.69) is 20.4 Å². The smallest absolute Gasteiger partial charge is 0.240 e. The van der Waals surface area contributed by atoms with Crippen LogP contribution in [0, 0.1) is 5.92 Å². The number of benzene rings is 1. The van der Waals surface area contributed by atoms with Crippen molar-refractivity contribution in [3.05, 3.63) is 40.5 Å². The SMILES string of the molecule is NCc1nc(CN2CCC(C3C(=O)Nc4cc(Cl)ccc43)CC2)no1. The number of fused-ring (bicyclic) bond motifs is 1. The van der Waals surface area contributed by atoms with E-state index in [1.165, 1.54) is 0 Å². The molecule has 0 bridgehead atoms. The Labute approximate surface area is 150 Å². The zero-order valence-corrected chi connectivity index (χ0v) is 14.5. The van der Waals surface area contributed by atoms with Crippen molar-refractivity contribution in [1.29, 1.82) is 0 Å². The molecule has 2 aliphatic rings. The summed E-state index contributed by atoms with van der Waals surface area (Å²) in [6, 6.07) is 5.66. The van der Waals surface area contributed by atoms with Crippen LogP contribution in [0.4, 0.5) is 5.69 Å². The van der Waals surface area contributed by atoms with E-state index in [0.29, 0.717) is 29.2 Å². The van der Waals surface area contributed by atoms with Crippen LogP contribution in [0.3, 0.4) is 0 Å². The van der Waals surface area contributed by atoms with E-state index in [1.54, 1.807) is 0 Å². The molecule has 0 spiro atoms. The fourth-order valence-electron chi connectivity index (χ4n) is 3.81. The second-order valence-corrected chi connectivity index (χ2v) is 7.06. The van der Waals surface area contributed by atoms with Crippen molar-refractivity contribution < 1.29 is 9.32 Å². The van der Waals surface area contributed by atoms with Crippen LogP contribution in [0.2, 0.25) is 5.02 Å². The number of anilines is 1. The lowest BCUT2D eigenvalue weighted by molar-refractivity contribution is -0.118. The molecule has 1 aromatic heterocycles. The molecule has 1 atom stereocenters. The first-order valence-electron chi connectivity index (χ1n) is 8.48. The van der Waals surface area contributed by atoms with Gasteiger partial charge in [-0.2, -0.15) is 4.98 Å². The minimum absolute atomic E-state index is 0.0802. The molecule has 0 radical (unpaired) electrons. The minimum atomic E-state index is -0.0802. The van der Waals surface area contributed by atoms with Gasteiger partial charge < -0.3 is 15.6 Å². The number of hydrogen-bond acceptors (Lipinski definition) is 6. The number of nitrogens with two attached hydrogens (primary N) is 1. The van der Waals surface area contributed by atoms with Crippen LogP contribution in [-0.2, 0) is 17.9 Å². The van der Waals surface area contributed by atoms with Crippen LogP contribution >= 0.6 is 11.6 Å². The third-order valence-corrected chi connectivity index (χ3v) is 5.28. The minimum Gasteiger partial charge on any atom is -0.338 e. The summed E-state index contributed by atoms with van der Waals surface area (Å²) in [5.74, 6) is 1.47. The highest BCUT2D eigenvalue weighted by molar-refractivity contribution is 6.31. The molecule has 1 fully saturated rings. The standard InChI is InChI=1S/C17H20ClN5O2/c18-11-1-2-12-13(7-11)20-17(24)16(12)10-3-5-23(6-4-10)9-14-21-15(8-19)25-22-14/h1-2,7,10,16H,3-6,8-9,19H2,(H,20,24). The third-order valence-electron chi connectivity index (χ3n) is 5.04. The number of carbonyl (C=O) groups is 1. The molecule has 1 unspecified atom stereocenters. The van der Waals surface area contributed by atoms with Gasteiger partial charge in [-0.05, 0) is 49.5 Å². The van der Waals surface area contributed by atoms with Crippen molar-refractivity contribution in [3.8, 4) is 0 Å². The Morgan fingerprint density at radius 2 is 2.16 bits per heavy atom. The van der Waals surface area contributed by atoms with Gasteiger partial charge in [-0.25, -0.2) is 0 Å². The molecule has 2 aliphatic heterocycles. The molecular weight excluding hydrogens is 342 g/mol. The Morgan fingerprint density at radius 1 is 1.36 bits per heavy atom. The lowest BCUT2D eigenvalue weighted by Crippen LogP contribution is -2.36. The first kappa shape index (κ1) is 16.5. The Hall–Kier alpha value is -1.96. The molecule has 0 saturated carbocycles. The maximum atomic E-state index is 12.4. The monoisotopic (exact) mass is 361 g/mol. The van der Waals surface area contributed by atoms with E-state index in [1.807, 2.05) is 18.2 Å². The molecule has 1 saturated heterocycles. The van der Waals surface area contributed by atoms with Crippen LogP contribution in [0.1, 0.15) is 36.0 Å². The molecule has 3 heterocycles. The normalized spacial score (nSPS) is 21.4. The topological polar surface area (TPSA) is 97.3 Å². The Morgan fingerprint density at radius 3 is 2.88 bits per heavy atom. The molecule has 25 heavy (non-hydrogen) atoms. The molecule has 8 heteroatoms. The summed E-state index contributed by atoms with van der Waals surface area (Å²) in [5.41, 5.74) is 7.41. The first-order valence-corrected chi connectivity index (χ1v) is 8.86. The summed E-state index contributed by atoms with van der Waals surface area (Å²) >= 11 is 6.03. The Balaban J connectivity index is 1.40. The molecule has 2 aromatic rings. The fourth-order valence-corrected chi connectivity index (χ4v) is 3.98. The summed E-state index contributed by atoms with van der Waals surface area (Å²) in [4.78, 5) is 19.0. The van der Waals surface area contributed by atoms with E-state index < -0.39 is 0 Å². The second-order valence-electron chi connectivity index (χ2n) is 6.62. The Bertz CT molecular complexity index is 785. The van der Waals surface area contributed by atoms with Crippen molar-refractivity contribution in [2.45, 2.75) is 31.8 Å². The van der Waals surface area contributed by atoms with Gasteiger partial charge in [0.2, 0.25) is 11.8 Å². The van der Waals surface area contributed by atoms with E-state index in [-0.39, 0.29) is 18.4 Å². The summed E-state index contributed by atoms with van der Waals surface area (Å²) in [6.45, 7) is 2.72. The van der Waals surface area contributed by atoms with Crippen LogP contribution in [0.5, 0.6) is 0 Å². The molecule has 1 aromatic carbocycles. The molecular formula is C17H20ClN5O2. The second kappa shape index (κ2) is 6.74. The number of aromatic nitrogens is 2. The molecule has 4 rings (SSSR count). The average Bonchev–Trinajstić information content (AvgIpc) is 3.18. The van der Waals surface area contributed by atoms with Crippen molar-refractivity contribution in [3.63, 3.8) is 0 Å². The van der Waals surface area contributed by atoms with E-state index >= 15 is 0 Å². The number of nitrogens with zero attached hydrogens (tertiary/aromatic N) is 3. The van der Waals surface area contributed by atoms with Gasteiger partial charge >= 0.3 is 0 Å². The summed E-state index contributed by atoms with van der Waals surface area (Å²) < 4.78 is 5.04. The van der Waals surface area contributed by atoms with Gasteiger partial charge in [0.1, 0.15) is 0 Å². The lowest BCUT2D eigenvalue weighted by atomic mass is 9.81. The number of halogens is 1. The number of likely N-dealkylation sites (tertiary alicyclic amines) is 1. The fraction of sp³-hybridized carbons (Fsp3) is 0.471. The molecule has 1 amide bonds. The van der Waals surface area contributed by atoms with Gasteiger partial charge in [-0.1, -0.05) is 22.8 Å². The number of carbonyl (C=O) groups excluding carboxylic acids is 1. The maximum absolute atomic E-state index is 12.4. The maximum Gasteiger partial charge on any atom is 0.240 e. The average molecular weight is 362 g/mol. The van der Waals surface area contributed by atoms with Crippen LogP contribution in [0.25, 0.3) is 0 Å². The zero-order chi connectivity index (χ0) is 17.4. The quantitative estimate of drug-likeness (QED) is 0.865. The van der Waals surface area contributed by atoms with E-state index in [0.717, 1.165) is 37.2 Å². The van der Waals surface area contributed by atoms with Gasteiger partial charge in [-0.15, -0.1) is 0 Å². The summed E-state index contributed by atoms with van der Waals surface area (Å²) in [6.07, 6.45) is 1.92. The predicted octanol–water partition coefficient (Wildman–Crippen LogP) is 2.13. The van der Waals surface area contributed by atoms with Gasteiger partial charge in [-0.3, -0.25) is 9.69 Å². The number of rotatable bonds is 4. The van der Waals surface area contributed by atoms with Gasteiger partial charge in [0, 0.05) is 10.7 Å². The van der Waals surface area contributed by atoms with Gasteiger partial charge in [0.25, 0.3) is 0 Å². The molecule has 0 aliphatic carbocycles. The van der Waals surface area contributed by atoms with Crippen LogP contribution in [-0.4, -0.2) is 34.0 Å². The molecule has 3 N–H and O–H groups in total. The van der Waals surface area contributed by atoms with Gasteiger partial charge in [0.05, 0.1) is 19.0 Å². The highest BCUT2D eigenvalue weighted by atomic mass is 35.5. The number of piperidine rings is 1. The summed E-state index contributed by atoms with van der Waals surface area (Å²) in [5, 5.41) is 7.55. The largest absolute Gasteiger partial charge is 0.338 e. The summed E-state index contributed by atoms with van der Waals surface area (Å²) in [7, 11) is 0.